The molecule has 146 valence electrons. The van der Waals surface area contributed by atoms with Crippen LogP contribution in [0.2, 0.25) is 5.02 Å². The van der Waals surface area contributed by atoms with Crippen LogP contribution in [0.15, 0.2) is 22.7 Å². The Labute approximate surface area is 165 Å². The van der Waals surface area contributed by atoms with Crippen LogP contribution in [0, 0.1) is 19.3 Å². The van der Waals surface area contributed by atoms with Gasteiger partial charge in [-0.15, -0.1) is 0 Å². The molecule has 2 rings (SSSR count). The van der Waals surface area contributed by atoms with Gasteiger partial charge in [0.2, 0.25) is 0 Å². The molecule has 1 aromatic heterocycles. The highest BCUT2D eigenvalue weighted by Crippen LogP contribution is 2.27. The predicted octanol–water partition coefficient (Wildman–Crippen LogP) is 5.10. The summed E-state index contributed by atoms with van der Waals surface area (Å²) in [4.78, 5) is 26.1. The van der Waals surface area contributed by atoms with Crippen LogP contribution in [0.1, 0.15) is 78.3 Å². The van der Waals surface area contributed by atoms with Crippen LogP contribution >= 0.6 is 11.6 Å². The normalized spacial score (nSPS) is 12.9. The molecule has 0 saturated carbocycles. The fourth-order valence-electron chi connectivity index (χ4n) is 2.90. The molecule has 0 radical (unpaired) electrons. The van der Waals surface area contributed by atoms with Crippen LogP contribution in [0.5, 0.6) is 0 Å². The summed E-state index contributed by atoms with van der Waals surface area (Å²) in [6, 6.07) is 4.43. The molecule has 5 nitrogen and oxygen atoms in total. The lowest BCUT2D eigenvalue weighted by Gasteiger charge is -2.30. The molecular weight excluding hydrogens is 364 g/mol. The van der Waals surface area contributed by atoms with Crippen LogP contribution in [0.25, 0.3) is 0 Å². The van der Waals surface area contributed by atoms with E-state index in [9.17, 15) is 9.59 Å². The number of aryl methyl sites for hydroxylation is 2. The van der Waals surface area contributed by atoms with Gasteiger partial charge < -0.3 is 9.84 Å². The molecule has 0 saturated heterocycles. The molecule has 2 aromatic rings. The van der Waals surface area contributed by atoms with E-state index >= 15 is 0 Å². The Bertz CT molecular complexity index is 863. The van der Waals surface area contributed by atoms with Gasteiger partial charge in [-0.3, -0.25) is 9.59 Å². The molecular formula is C21H27ClN2O3. The summed E-state index contributed by atoms with van der Waals surface area (Å²) >= 11 is 6.07. The first-order chi connectivity index (χ1) is 12.4. The van der Waals surface area contributed by atoms with Gasteiger partial charge in [-0.25, -0.2) is 0 Å². The molecule has 27 heavy (non-hydrogen) atoms. The molecule has 6 heteroatoms. The summed E-state index contributed by atoms with van der Waals surface area (Å²) in [7, 11) is 0. The van der Waals surface area contributed by atoms with Crippen molar-refractivity contribution in [2.45, 2.75) is 60.4 Å². The monoisotopic (exact) mass is 390 g/mol. The number of hydrogen-bond donors (Lipinski definition) is 1. The average molecular weight is 391 g/mol. The van der Waals surface area contributed by atoms with Crippen molar-refractivity contribution >= 4 is 23.3 Å². The number of rotatable bonds is 5. The van der Waals surface area contributed by atoms with Crippen LogP contribution in [0.4, 0.5) is 0 Å². The molecule has 0 aliphatic carbocycles. The summed E-state index contributed by atoms with van der Waals surface area (Å²) in [6.07, 6.45) is 0. The Morgan fingerprint density at radius 3 is 2.33 bits per heavy atom. The summed E-state index contributed by atoms with van der Waals surface area (Å²) in [6.45, 7) is 13.2. The third-order valence-corrected chi connectivity index (χ3v) is 4.91. The van der Waals surface area contributed by atoms with Gasteiger partial charge in [0.05, 0.1) is 11.7 Å². The molecule has 1 amide bonds. The number of aromatic nitrogens is 1. The van der Waals surface area contributed by atoms with E-state index in [2.05, 4.69) is 10.5 Å². The fraction of sp³-hybridized carbons (Fsp3) is 0.476. The second-order valence-corrected chi connectivity index (χ2v) is 8.67. The molecule has 1 aromatic carbocycles. The van der Waals surface area contributed by atoms with Crippen molar-refractivity contribution < 1.29 is 14.1 Å². The van der Waals surface area contributed by atoms with Crippen LogP contribution in [-0.2, 0) is 0 Å². The van der Waals surface area contributed by atoms with E-state index < -0.39 is 11.5 Å². The number of Topliss-reactive ketones (excluding diaryl/α,β-unsaturated/α-hetero) is 1. The zero-order chi connectivity index (χ0) is 20.5. The van der Waals surface area contributed by atoms with E-state index in [0.29, 0.717) is 27.6 Å². The molecule has 1 atom stereocenters. The Hall–Kier alpha value is -2.14. The molecule has 1 N–H and O–H groups in total. The second kappa shape index (κ2) is 7.85. The van der Waals surface area contributed by atoms with Crippen molar-refractivity contribution in [2.75, 3.05) is 0 Å². The SMILES string of the molecule is Cc1cc(C(=O)C(NC(=O)c2c(C)noc2C(C)C)C(C)(C)C)ccc1Cl. The van der Waals surface area contributed by atoms with E-state index in [-0.39, 0.29) is 17.6 Å². The highest BCUT2D eigenvalue weighted by Gasteiger charge is 2.35. The number of hydrogen-bond acceptors (Lipinski definition) is 4. The van der Waals surface area contributed by atoms with Crippen molar-refractivity contribution in [1.29, 1.82) is 0 Å². The minimum atomic E-state index is -0.708. The Balaban J connectivity index is 2.38. The number of halogens is 1. The molecule has 0 spiro atoms. The van der Waals surface area contributed by atoms with Crippen molar-refractivity contribution in [1.82, 2.24) is 10.5 Å². The lowest BCUT2D eigenvalue weighted by Crippen LogP contribution is -2.49. The van der Waals surface area contributed by atoms with Crippen LogP contribution in [-0.4, -0.2) is 22.9 Å². The van der Waals surface area contributed by atoms with Gasteiger partial charge in [-0.05, 0) is 43.0 Å². The quantitative estimate of drug-likeness (QED) is 0.721. The standard InChI is InChI=1S/C21H27ClN2O3/c1-11(2)18-16(13(4)24-27-18)20(26)23-19(21(5,6)7)17(25)14-8-9-15(22)12(3)10-14/h8-11,19H,1-7H3,(H,23,26). The maximum absolute atomic E-state index is 13.2. The van der Waals surface area contributed by atoms with E-state index in [1.54, 1.807) is 25.1 Å². The Morgan fingerprint density at radius 2 is 1.81 bits per heavy atom. The van der Waals surface area contributed by atoms with Gasteiger partial charge in [-0.1, -0.05) is 51.4 Å². The maximum Gasteiger partial charge on any atom is 0.257 e. The molecule has 1 heterocycles. The summed E-state index contributed by atoms with van der Waals surface area (Å²) in [5, 5.41) is 7.43. The largest absolute Gasteiger partial charge is 0.360 e. The number of amides is 1. The van der Waals surface area contributed by atoms with Gasteiger partial charge in [0.1, 0.15) is 5.56 Å². The van der Waals surface area contributed by atoms with E-state index in [0.717, 1.165) is 5.56 Å². The summed E-state index contributed by atoms with van der Waals surface area (Å²) < 4.78 is 5.31. The van der Waals surface area contributed by atoms with Gasteiger partial charge in [-0.2, -0.15) is 0 Å². The zero-order valence-corrected chi connectivity index (χ0v) is 17.7. The first-order valence-electron chi connectivity index (χ1n) is 9.00. The topological polar surface area (TPSA) is 72.2 Å². The number of ketones is 1. The molecule has 0 fully saturated rings. The summed E-state index contributed by atoms with van der Waals surface area (Å²) in [5.74, 6) is 0.0225. The predicted molar refractivity (Wildman–Crippen MR) is 107 cm³/mol. The van der Waals surface area contributed by atoms with Crippen molar-refractivity contribution in [3.05, 3.63) is 51.4 Å². The number of carbonyl (C=O) groups excluding carboxylic acids is 2. The van der Waals surface area contributed by atoms with Gasteiger partial charge in [0, 0.05) is 16.5 Å². The zero-order valence-electron chi connectivity index (χ0n) is 16.9. The first kappa shape index (κ1) is 21.2. The van der Waals surface area contributed by atoms with Gasteiger partial charge >= 0.3 is 0 Å². The lowest BCUT2D eigenvalue weighted by molar-refractivity contribution is 0.0780. The molecule has 0 bridgehead atoms. The van der Waals surface area contributed by atoms with Crippen LogP contribution < -0.4 is 5.32 Å². The molecule has 0 aliphatic rings. The highest BCUT2D eigenvalue weighted by molar-refractivity contribution is 6.31. The third kappa shape index (κ3) is 4.59. The Morgan fingerprint density at radius 1 is 1.19 bits per heavy atom. The number of nitrogens with one attached hydrogen (secondary N) is 1. The maximum atomic E-state index is 13.2. The number of nitrogens with zero attached hydrogens (tertiary/aromatic N) is 1. The fourth-order valence-corrected chi connectivity index (χ4v) is 3.02. The van der Waals surface area contributed by atoms with Gasteiger partial charge in [0.15, 0.2) is 11.5 Å². The van der Waals surface area contributed by atoms with Crippen molar-refractivity contribution in [3.63, 3.8) is 0 Å². The van der Waals surface area contributed by atoms with Crippen molar-refractivity contribution in [2.24, 2.45) is 5.41 Å². The molecule has 1 unspecified atom stereocenters. The number of benzene rings is 1. The average Bonchev–Trinajstić information content (AvgIpc) is 2.95. The third-order valence-electron chi connectivity index (χ3n) is 4.49. The molecule has 0 aliphatic heterocycles. The van der Waals surface area contributed by atoms with Crippen molar-refractivity contribution in [3.8, 4) is 0 Å². The van der Waals surface area contributed by atoms with Crippen LogP contribution in [0.3, 0.4) is 0 Å². The van der Waals surface area contributed by atoms with E-state index in [1.807, 2.05) is 41.5 Å². The Kier molecular flexibility index (Phi) is 6.15. The van der Waals surface area contributed by atoms with E-state index in [4.69, 9.17) is 16.1 Å². The first-order valence-corrected chi connectivity index (χ1v) is 9.38. The minimum Gasteiger partial charge on any atom is -0.360 e. The lowest BCUT2D eigenvalue weighted by atomic mass is 9.81. The minimum absolute atomic E-state index is 0.00894. The van der Waals surface area contributed by atoms with Gasteiger partial charge in [0.25, 0.3) is 5.91 Å². The van der Waals surface area contributed by atoms with E-state index in [1.165, 1.54) is 0 Å². The number of carbonyl (C=O) groups is 2. The summed E-state index contributed by atoms with van der Waals surface area (Å²) in [5.41, 5.74) is 1.77. The highest BCUT2D eigenvalue weighted by atomic mass is 35.5. The second-order valence-electron chi connectivity index (χ2n) is 8.26. The smallest absolute Gasteiger partial charge is 0.257 e.